The molecule has 0 aromatic carbocycles. The Kier molecular flexibility index (Phi) is 1.90. The lowest BCUT2D eigenvalue weighted by Gasteiger charge is -2.08. The van der Waals surface area contributed by atoms with E-state index in [0.717, 1.165) is 11.8 Å². The zero-order valence-electron chi connectivity index (χ0n) is 5.78. The molecule has 0 aromatic heterocycles. The first kappa shape index (κ1) is 6.09. The Hall–Kier alpha value is -0.0400. The van der Waals surface area contributed by atoms with Crippen LogP contribution in [-0.4, -0.2) is 13.1 Å². The van der Waals surface area contributed by atoms with Crippen molar-refractivity contribution in [3.8, 4) is 0 Å². The van der Waals surface area contributed by atoms with Gasteiger partial charge in [-0.3, -0.25) is 0 Å². The van der Waals surface area contributed by atoms with Crippen LogP contribution in [0.1, 0.15) is 20.3 Å². The zero-order valence-corrected chi connectivity index (χ0v) is 5.78. The van der Waals surface area contributed by atoms with E-state index in [0.29, 0.717) is 0 Å². The molecule has 1 unspecified atom stereocenters. The van der Waals surface area contributed by atoms with Crippen molar-refractivity contribution >= 4 is 0 Å². The second-order valence-corrected chi connectivity index (χ2v) is 2.80. The lowest BCUT2D eigenvalue weighted by molar-refractivity contribution is 0.440. The molecule has 0 radical (unpaired) electrons. The third kappa shape index (κ3) is 1.03. The lowest BCUT2D eigenvalue weighted by atomic mass is 9.96. The van der Waals surface area contributed by atoms with Gasteiger partial charge in [-0.2, -0.15) is 0 Å². The molecular weight excluding hydrogens is 98.1 g/mol. The molecule has 0 aliphatic carbocycles. The smallest absolute Gasteiger partial charge is 0.00175 e. The van der Waals surface area contributed by atoms with Crippen LogP contribution in [0.25, 0.3) is 0 Å². The highest BCUT2D eigenvalue weighted by atomic mass is 14.9. The Balaban J connectivity index is 2.30. The summed E-state index contributed by atoms with van der Waals surface area (Å²) in [5, 5.41) is 3.37. The molecule has 1 aliphatic rings. The van der Waals surface area contributed by atoms with Crippen molar-refractivity contribution in [2.24, 2.45) is 11.8 Å². The van der Waals surface area contributed by atoms with Crippen molar-refractivity contribution in [2.75, 3.05) is 13.1 Å². The van der Waals surface area contributed by atoms with Crippen LogP contribution in [0.4, 0.5) is 0 Å². The first-order chi connectivity index (χ1) is 3.84. The maximum absolute atomic E-state index is 3.37. The Morgan fingerprint density at radius 2 is 2.25 bits per heavy atom. The molecule has 1 heterocycles. The fraction of sp³-hybridized carbons (Fsp3) is 1.00. The highest BCUT2D eigenvalue weighted by molar-refractivity contribution is 4.76. The van der Waals surface area contributed by atoms with Crippen molar-refractivity contribution in [3.05, 3.63) is 0 Å². The summed E-state index contributed by atoms with van der Waals surface area (Å²) in [6.07, 6.45) is 1.34. The molecule has 48 valence electrons. The van der Waals surface area contributed by atoms with E-state index < -0.39 is 0 Å². The van der Waals surface area contributed by atoms with Gasteiger partial charge in [0.25, 0.3) is 0 Å². The van der Waals surface area contributed by atoms with Crippen molar-refractivity contribution in [1.82, 2.24) is 5.32 Å². The summed E-state index contributed by atoms with van der Waals surface area (Å²) in [6, 6.07) is 0. The topological polar surface area (TPSA) is 12.0 Å². The highest BCUT2D eigenvalue weighted by Crippen LogP contribution is 2.17. The van der Waals surface area contributed by atoms with Gasteiger partial charge in [0.05, 0.1) is 0 Å². The molecule has 2 atom stereocenters. The monoisotopic (exact) mass is 113 g/mol. The van der Waals surface area contributed by atoms with Crippen LogP contribution in [-0.2, 0) is 0 Å². The Labute approximate surface area is 51.5 Å². The molecule has 1 nitrogen and oxygen atoms in total. The average Bonchev–Trinajstić information content (AvgIpc) is 2.14. The van der Waals surface area contributed by atoms with Gasteiger partial charge in [0.1, 0.15) is 0 Å². The van der Waals surface area contributed by atoms with Crippen LogP contribution in [0.15, 0.2) is 0 Å². The highest BCUT2D eigenvalue weighted by Gasteiger charge is 2.20. The summed E-state index contributed by atoms with van der Waals surface area (Å²) in [5.41, 5.74) is 0. The number of hydrogen-bond acceptors (Lipinski definition) is 1. The van der Waals surface area contributed by atoms with Gasteiger partial charge in [0.2, 0.25) is 0 Å². The molecule has 1 N–H and O–H groups in total. The quantitative estimate of drug-likeness (QED) is 0.539. The average molecular weight is 113 g/mol. The Morgan fingerprint density at radius 3 is 2.50 bits per heavy atom. The van der Waals surface area contributed by atoms with Crippen LogP contribution in [0.2, 0.25) is 0 Å². The largest absolute Gasteiger partial charge is 0.316 e. The molecule has 0 bridgehead atoms. The van der Waals surface area contributed by atoms with Gasteiger partial charge in [-0.25, -0.2) is 0 Å². The van der Waals surface area contributed by atoms with Gasteiger partial charge in [0, 0.05) is 0 Å². The van der Waals surface area contributed by atoms with Gasteiger partial charge in [-0.05, 0) is 24.9 Å². The molecule has 0 spiro atoms. The van der Waals surface area contributed by atoms with Crippen molar-refractivity contribution in [1.29, 1.82) is 0 Å². The Bertz CT molecular complexity index is 70.8. The molecule has 8 heavy (non-hydrogen) atoms. The molecule has 1 rings (SSSR count). The first-order valence-electron chi connectivity index (χ1n) is 3.55. The lowest BCUT2D eigenvalue weighted by Crippen LogP contribution is -2.07. The van der Waals surface area contributed by atoms with E-state index in [4.69, 9.17) is 0 Å². The Morgan fingerprint density at radius 1 is 1.50 bits per heavy atom. The SMILES string of the molecule is CCC1CNC[C@@H]1C. The minimum atomic E-state index is 0.917. The minimum absolute atomic E-state index is 0.917. The number of nitrogens with one attached hydrogen (secondary N) is 1. The van der Waals surface area contributed by atoms with Gasteiger partial charge in [0.15, 0.2) is 0 Å². The first-order valence-corrected chi connectivity index (χ1v) is 3.55. The van der Waals surface area contributed by atoms with Gasteiger partial charge in [-0.1, -0.05) is 20.3 Å². The second kappa shape index (κ2) is 2.49. The molecule has 0 saturated carbocycles. The molecule has 1 heteroatoms. The van der Waals surface area contributed by atoms with Crippen LogP contribution >= 0.6 is 0 Å². The third-order valence-corrected chi connectivity index (χ3v) is 2.20. The fourth-order valence-corrected chi connectivity index (χ4v) is 1.41. The molecular formula is C7H15N. The van der Waals surface area contributed by atoms with E-state index in [1.54, 1.807) is 0 Å². The summed E-state index contributed by atoms with van der Waals surface area (Å²) in [5.74, 6) is 1.87. The van der Waals surface area contributed by atoms with Crippen LogP contribution in [0.3, 0.4) is 0 Å². The fourth-order valence-electron chi connectivity index (χ4n) is 1.41. The van der Waals surface area contributed by atoms with Gasteiger partial charge >= 0.3 is 0 Å². The molecule has 0 amide bonds. The standard InChI is InChI=1S/C7H15N/c1-3-7-5-8-4-6(7)2/h6-8H,3-5H2,1-2H3/t6-,7?/m0/s1. The predicted molar refractivity (Wildman–Crippen MR) is 35.8 cm³/mol. The maximum atomic E-state index is 3.37. The van der Waals surface area contributed by atoms with Crippen molar-refractivity contribution in [2.45, 2.75) is 20.3 Å². The van der Waals surface area contributed by atoms with Crippen LogP contribution in [0, 0.1) is 11.8 Å². The van der Waals surface area contributed by atoms with Crippen LogP contribution < -0.4 is 5.32 Å². The molecule has 1 aliphatic heterocycles. The van der Waals surface area contributed by atoms with E-state index in [2.05, 4.69) is 19.2 Å². The van der Waals surface area contributed by atoms with E-state index in [1.165, 1.54) is 19.5 Å². The van der Waals surface area contributed by atoms with Crippen molar-refractivity contribution in [3.63, 3.8) is 0 Å². The normalized spacial score (nSPS) is 38.2. The van der Waals surface area contributed by atoms with Gasteiger partial charge < -0.3 is 5.32 Å². The van der Waals surface area contributed by atoms with E-state index in [9.17, 15) is 0 Å². The summed E-state index contributed by atoms with van der Waals surface area (Å²) in [6.45, 7) is 7.08. The third-order valence-electron chi connectivity index (χ3n) is 2.20. The maximum Gasteiger partial charge on any atom is -0.00175 e. The summed E-state index contributed by atoms with van der Waals surface area (Å²) in [4.78, 5) is 0. The second-order valence-electron chi connectivity index (χ2n) is 2.80. The number of rotatable bonds is 1. The molecule has 1 saturated heterocycles. The summed E-state index contributed by atoms with van der Waals surface area (Å²) in [7, 11) is 0. The van der Waals surface area contributed by atoms with E-state index >= 15 is 0 Å². The molecule has 1 fully saturated rings. The van der Waals surface area contributed by atoms with E-state index in [1.807, 2.05) is 0 Å². The minimum Gasteiger partial charge on any atom is -0.316 e. The van der Waals surface area contributed by atoms with E-state index in [-0.39, 0.29) is 0 Å². The summed E-state index contributed by atoms with van der Waals surface area (Å²) >= 11 is 0. The number of hydrogen-bond donors (Lipinski definition) is 1. The van der Waals surface area contributed by atoms with Crippen molar-refractivity contribution < 1.29 is 0 Å². The predicted octanol–water partition coefficient (Wildman–Crippen LogP) is 1.25. The molecule has 0 aromatic rings. The zero-order chi connectivity index (χ0) is 5.98. The van der Waals surface area contributed by atoms with Crippen LogP contribution in [0.5, 0.6) is 0 Å². The van der Waals surface area contributed by atoms with Gasteiger partial charge in [-0.15, -0.1) is 0 Å². The summed E-state index contributed by atoms with van der Waals surface area (Å²) < 4.78 is 0.